The van der Waals surface area contributed by atoms with E-state index in [1.165, 1.54) is 6.07 Å². The van der Waals surface area contributed by atoms with Gasteiger partial charge in [0.25, 0.3) is 0 Å². The molecule has 2 atom stereocenters. The van der Waals surface area contributed by atoms with E-state index in [0.717, 1.165) is 11.1 Å². The second-order valence-corrected chi connectivity index (χ2v) is 6.84. The predicted octanol–water partition coefficient (Wildman–Crippen LogP) is 3.99. The van der Waals surface area contributed by atoms with E-state index in [2.05, 4.69) is 0 Å². The number of aryl methyl sites for hydroxylation is 1. The number of carboxylic acids is 1. The Kier molecular flexibility index (Phi) is 5.07. The summed E-state index contributed by atoms with van der Waals surface area (Å²) in [5, 5.41) is 9.27. The van der Waals surface area contributed by atoms with Crippen molar-refractivity contribution in [3.8, 4) is 0 Å². The lowest BCUT2D eigenvalue weighted by Crippen LogP contribution is -2.45. The fraction of sp³-hybridized carbons (Fsp3) is 0.333. The zero-order valence-corrected chi connectivity index (χ0v) is 14.9. The average molecular weight is 355 g/mol. The number of benzene rings is 2. The summed E-state index contributed by atoms with van der Waals surface area (Å²) >= 11 is 0. The van der Waals surface area contributed by atoms with E-state index in [0.29, 0.717) is 18.4 Å². The van der Waals surface area contributed by atoms with Gasteiger partial charge in [0.1, 0.15) is 5.82 Å². The van der Waals surface area contributed by atoms with Gasteiger partial charge in [0.15, 0.2) is 0 Å². The average Bonchev–Trinajstić information content (AvgIpc) is 2.59. The molecule has 136 valence electrons. The van der Waals surface area contributed by atoms with Crippen LogP contribution in [0.4, 0.5) is 4.39 Å². The molecule has 0 saturated heterocycles. The van der Waals surface area contributed by atoms with Crippen molar-refractivity contribution in [2.75, 3.05) is 0 Å². The van der Waals surface area contributed by atoms with Crippen molar-refractivity contribution in [1.82, 2.24) is 4.90 Å². The lowest BCUT2D eigenvalue weighted by atomic mass is 9.89. The molecular weight excluding hydrogens is 333 g/mol. The minimum atomic E-state index is -0.983. The maximum Gasteiger partial charge on any atom is 0.335 e. The number of halogens is 1. The van der Waals surface area contributed by atoms with Crippen LogP contribution in [0, 0.1) is 5.82 Å². The first kappa shape index (κ1) is 18.1. The zero-order valence-electron chi connectivity index (χ0n) is 14.9. The van der Waals surface area contributed by atoms with E-state index >= 15 is 0 Å². The fourth-order valence-electron chi connectivity index (χ4n) is 3.89. The number of hydrogen-bond acceptors (Lipinski definition) is 2. The molecule has 0 fully saturated rings. The SMILES string of the molecule is CC1Cc2cc(F)ccc2C(C)N1C(=O)CCc1ccccc1C(=O)O. The summed E-state index contributed by atoms with van der Waals surface area (Å²) in [6.07, 6.45) is 1.25. The van der Waals surface area contributed by atoms with Gasteiger partial charge in [-0.3, -0.25) is 4.79 Å². The quantitative estimate of drug-likeness (QED) is 0.902. The Hall–Kier alpha value is -2.69. The summed E-state index contributed by atoms with van der Waals surface area (Å²) < 4.78 is 13.5. The molecular formula is C21H22FNO3. The van der Waals surface area contributed by atoms with Crippen LogP contribution in [-0.2, 0) is 17.6 Å². The number of carbonyl (C=O) groups is 2. The van der Waals surface area contributed by atoms with Crippen LogP contribution < -0.4 is 0 Å². The molecule has 1 heterocycles. The Morgan fingerprint density at radius 1 is 1.19 bits per heavy atom. The molecule has 2 aromatic carbocycles. The smallest absolute Gasteiger partial charge is 0.335 e. The highest BCUT2D eigenvalue weighted by atomic mass is 19.1. The van der Waals surface area contributed by atoms with Crippen molar-refractivity contribution in [2.45, 2.75) is 45.2 Å². The van der Waals surface area contributed by atoms with E-state index < -0.39 is 5.97 Å². The maximum atomic E-state index is 13.5. The summed E-state index contributed by atoms with van der Waals surface area (Å²) in [6, 6.07) is 11.3. The second kappa shape index (κ2) is 7.28. The monoisotopic (exact) mass is 355 g/mol. The van der Waals surface area contributed by atoms with Crippen LogP contribution in [0.15, 0.2) is 42.5 Å². The summed E-state index contributed by atoms with van der Waals surface area (Å²) in [7, 11) is 0. The van der Waals surface area contributed by atoms with Gasteiger partial charge in [-0.15, -0.1) is 0 Å². The number of carboxylic acid groups (broad SMARTS) is 1. The molecule has 1 aliphatic heterocycles. The van der Waals surface area contributed by atoms with Crippen LogP contribution in [0.5, 0.6) is 0 Å². The van der Waals surface area contributed by atoms with E-state index in [9.17, 15) is 19.1 Å². The van der Waals surface area contributed by atoms with Crippen LogP contribution in [0.1, 0.15) is 53.4 Å². The minimum Gasteiger partial charge on any atom is -0.478 e. The number of fused-ring (bicyclic) bond motifs is 1. The Balaban J connectivity index is 1.76. The van der Waals surface area contributed by atoms with Gasteiger partial charge in [-0.05, 0) is 61.6 Å². The molecule has 2 aromatic rings. The minimum absolute atomic E-state index is 0.0137. The fourth-order valence-corrected chi connectivity index (χ4v) is 3.89. The Bertz CT molecular complexity index is 849. The number of amides is 1. The van der Waals surface area contributed by atoms with E-state index in [1.54, 1.807) is 36.4 Å². The van der Waals surface area contributed by atoms with Crippen molar-refractivity contribution in [2.24, 2.45) is 0 Å². The summed E-state index contributed by atoms with van der Waals surface area (Å²) in [4.78, 5) is 26.0. The summed E-state index contributed by atoms with van der Waals surface area (Å²) in [5.41, 5.74) is 2.82. The van der Waals surface area contributed by atoms with Crippen molar-refractivity contribution >= 4 is 11.9 Å². The molecule has 4 nitrogen and oxygen atoms in total. The van der Waals surface area contributed by atoms with Gasteiger partial charge >= 0.3 is 5.97 Å². The van der Waals surface area contributed by atoms with Gasteiger partial charge < -0.3 is 10.0 Å². The van der Waals surface area contributed by atoms with Gasteiger partial charge in [-0.1, -0.05) is 24.3 Å². The molecule has 26 heavy (non-hydrogen) atoms. The zero-order chi connectivity index (χ0) is 18.8. The van der Waals surface area contributed by atoms with Gasteiger partial charge in [-0.25, -0.2) is 9.18 Å². The molecule has 1 amide bonds. The number of rotatable bonds is 4. The number of aromatic carboxylic acids is 1. The number of carbonyl (C=O) groups excluding carboxylic acids is 1. The molecule has 5 heteroatoms. The van der Waals surface area contributed by atoms with Gasteiger partial charge in [0, 0.05) is 12.5 Å². The van der Waals surface area contributed by atoms with Crippen molar-refractivity contribution in [3.63, 3.8) is 0 Å². The van der Waals surface area contributed by atoms with Gasteiger partial charge in [-0.2, -0.15) is 0 Å². The number of nitrogens with zero attached hydrogens (tertiary/aromatic N) is 1. The normalized spacial score (nSPS) is 19.1. The molecule has 2 unspecified atom stereocenters. The highest BCUT2D eigenvalue weighted by Crippen LogP contribution is 2.33. The highest BCUT2D eigenvalue weighted by Gasteiger charge is 2.32. The first-order valence-electron chi connectivity index (χ1n) is 8.79. The first-order valence-corrected chi connectivity index (χ1v) is 8.79. The van der Waals surface area contributed by atoms with Crippen molar-refractivity contribution in [3.05, 3.63) is 70.5 Å². The summed E-state index contributed by atoms with van der Waals surface area (Å²) in [5.74, 6) is -1.25. The third-order valence-corrected chi connectivity index (χ3v) is 5.11. The van der Waals surface area contributed by atoms with Crippen molar-refractivity contribution in [1.29, 1.82) is 0 Å². The highest BCUT2D eigenvalue weighted by molar-refractivity contribution is 5.89. The van der Waals surface area contributed by atoms with Crippen LogP contribution >= 0.6 is 0 Å². The Morgan fingerprint density at radius 3 is 2.65 bits per heavy atom. The van der Waals surface area contributed by atoms with Crippen LogP contribution in [0.25, 0.3) is 0 Å². The van der Waals surface area contributed by atoms with Crippen LogP contribution in [-0.4, -0.2) is 27.9 Å². The third-order valence-electron chi connectivity index (χ3n) is 5.11. The standard InChI is InChI=1S/C21H22FNO3/c1-13-11-16-12-17(22)8-9-18(16)14(2)23(13)20(24)10-7-15-5-3-4-6-19(15)21(25)26/h3-6,8-9,12-14H,7,10-11H2,1-2H3,(H,25,26). The topological polar surface area (TPSA) is 57.6 Å². The predicted molar refractivity (Wildman–Crippen MR) is 96.5 cm³/mol. The molecule has 0 aliphatic carbocycles. The van der Waals surface area contributed by atoms with E-state index in [-0.39, 0.29) is 35.8 Å². The lowest BCUT2D eigenvalue weighted by molar-refractivity contribution is -0.136. The van der Waals surface area contributed by atoms with Crippen molar-refractivity contribution < 1.29 is 19.1 Å². The van der Waals surface area contributed by atoms with Crippen LogP contribution in [0.3, 0.4) is 0 Å². The van der Waals surface area contributed by atoms with Gasteiger partial charge in [0.2, 0.25) is 5.91 Å². The largest absolute Gasteiger partial charge is 0.478 e. The number of hydrogen-bond donors (Lipinski definition) is 1. The van der Waals surface area contributed by atoms with Gasteiger partial charge in [0.05, 0.1) is 11.6 Å². The molecule has 0 bridgehead atoms. The van der Waals surface area contributed by atoms with E-state index in [1.807, 2.05) is 18.7 Å². The molecule has 3 rings (SSSR count). The Labute approximate surface area is 152 Å². The maximum absolute atomic E-state index is 13.5. The molecule has 1 N–H and O–H groups in total. The van der Waals surface area contributed by atoms with Crippen LogP contribution in [0.2, 0.25) is 0 Å². The third kappa shape index (κ3) is 3.47. The summed E-state index contributed by atoms with van der Waals surface area (Å²) in [6.45, 7) is 3.92. The second-order valence-electron chi connectivity index (χ2n) is 6.84. The Morgan fingerprint density at radius 2 is 1.92 bits per heavy atom. The lowest BCUT2D eigenvalue weighted by Gasteiger charge is -2.40. The molecule has 0 spiro atoms. The molecule has 0 aromatic heterocycles. The van der Waals surface area contributed by atoms with E-state index in [4.69, 9.17) is 0 Å². The molecule has 1 aliphatic rings. The first-order chi connectivity index (χ1) is 12.4. The molecule has 0 saturated carbocycles. The molecule has 0 radical (unpaired) electrons.